The number of hydrogen-bond donors (Lipinski definition) is 0. The van der Waals surface area contributed by atoms with E-state index in [4.69, 9.17) is 4.74 Å². The second kappa shape index (κ2) is 4.31. The molecule has 1 atom stereocenters. The maximum Gasteiger partial charge on any atom is 0.120 e. The fourth-order valence-corrected chi connectivity index (χ4v) is 1.04. The molecular formula is C10H11BrO. The molecule has 0 aromatic heterocycles. The first-order chi connectivity index (χ1) is 5.72. The van der Waals surface area contributed by atoms with Gasteiger partial charge >= 0.3 is 0 Å². The summed E-state index contributed by atoms with van der Waals surface area (Å²) in [6.07, 6.45) is 1.83. The third kappa shape index (κ3) is 2.70. The highest BCUT2D eigenvalue weighted by Crippen LogP contribution is 2.17. The van der Waals surface area contributed by atoms with Crippen LogP contribution in [0.5, 0.6) is 5.75 Å². The Balaban J connectivity index is 2.64. The SMILES string of the molecule is C=CC(C)Oc1ccc(Br)cc1. The largest absolute Gasteiger partial charge is 0.487 e. The van der Waals surface area contributed by atoms with Crippen molar-refractivity contribution in [2.45, 2.75) is 13.0 Å². The van der Waals surface area contributed by atoms with Gasteiger partial charge in [-0.05, 0) is 31.2 Å². The van der Waals surface area contributed by atoms with Crippen molar-refractivity contribution in [2.24, 2.45) is 0 Å². The number of ether oxygens (including phenoxy) is 1. The molecule has 0 bridgehead atoms. The highest BCUT2D eigenvalue weighted by Gasteiger charge is 1.97. The molecule has 1 aromatic carbocycles. The Morgan fingerprint density at radius 2 is 2.00 bits per heavy atom. The Kier molecular flexibility index (Phi) is 3.35. The zero-order valence-corrected chi connectivity index (χ0v) is 8.54. The summed E-state index contributed by atoms with van der Waals surface area (Å²) in [4.78, 5) is 0. The highest BCUT2D eigenvalue weighted by molar-refractivity contribution is 9.10. The van der Waals surface area contributed by atoms with Gasteiger partial charge in [-0.2, -0.15) is 0 Å². The summed E-state index contributed by atoms with van der Waals surface area (Å²) >= 11 is 3.35. The van der Waals surface area contributed by atoms with Crippen molar-refractivity contribution in [3.8, 4) is 5.75 Å². The van der Waals surface area contributed by atoms with E-state index in [9.17, 15) is 0 Å². The minimum Gasteiger partial charge on any atom is -0.487 e. The van der Waals surface area contributed by atoms with Crippen molar-refractivity contribution in [1.29, 1.82) is 0 Å². The zero-order valence-electron chi connectivity index (χ0n) is 6.96. The van der Waals surface area contributed by atoms with Gasteiger partial charge in [0.2, 0.25) is 0 Å². The lowest BCUT2D eigenvalue weighted by molar-refractivity contribution is 0.270. The fourth-order valence-electron chi connectivity index (χ4n) is 0.776. The van der Waals surface area contributed by atoms with Crippen LogP contribution in [-0.4, -0.2) is 6.10 Å². The van der Waals surface area contributed by atoms with E-state index in [-0.39, 0.29) is 6.10 Å². The van der Waals surface area contributed by atoms with Gasteiger partial charge in [-0.3, -0.25) is 0 Å². The van der Waals surface area contributed by atoms with Gasteiger partial charge in [0.15, 0.2) is 0 Å². The molecule has 0 spiro atoms. The summed E-state index contributed by atoms with van der Waals surface area (Å²) in [6, 6.07) is 7.74. The second-order valence-electron chi connectivity index (χ2n) is 2.51. The molecule has 12 heavy (non-hydrogen) atoms. The minimum atomic E-state index is 0.0613. The lowest BCUT2D eigenvalue weighted by Crippen LogP contribution is -2.06. The molecule has 1 nitrogen and oxygen atoms in total. The molecule has 0 radical (unpaired) electrons. The summed E-state index contributed by atoms with van der Waals surface area (Å²) in [7, 11) is 0. The third-order valence-electron chi connectivity index (χ3n) is 1.47. The van der Waals surface area contributed by atoms with Crippen molar-refractivity contribution in [3.63, 3.8) is 0 Å². The Morgan fingerprint density at radius 3 is 2.50 bits per heavy atom. The van der Waals surface area contributed by atoms with Gasteiger partial charge in [-0.25, -0.2) is 0 Å². The summed E-state index contributed by atoms with van der Waals surface area (Å²) < 4.78 is 6.54. The Hall–Kier alpha value is -0.760. The van der Waals surface area contributed by atoms with E-state index in [0.717, 1.165) is 10.2 Å². The van der Waals surface area contributed by atoms with Crippen LogP contribution in [0.2, 0.25) is 0 Å². The zero-order chi connectivity index (χ0) is 8.97. The summed E-state index contributed by atoms with van der Waals surface area (Å²) in [5, 5.41) is 0. The molecular weight excluding hydrogens is 216 g/mol. The Labute approximate surface area is 81.2 Å². The van der Waals surface area contributed by atoms with Crippen LogP contribution in [0.25, 0.3) is 0 Å². The van der Waals surface area contributed by atoms with Gasteiger partial charge in [0.05, 0.1) is 0 Å². The molecule has 0 aliphatic carbocycles. The second-order valence-corrected chi connectivity index (χ2v) is 3.43. The lowest BCUT2D eigenvalue weighted by Gasteiger charge is -2.09. The monoisotopic (exact) mass is 226 g/mol. The summed E-state index contributed by atoms with van der Waals surface area (Å²) in [5.41, 5.74) is 0. The van der Waals surface area contributed by atoms with Crippen LogP contribution in [0, 0.1) is 0 Å². The third-order valence-corrected chi connectivity index (χ3v) is 2.00. The number of benzene rings is 1. The topological polar surface area (TPSA) is 9.23 Å². The van der Waals surface area contributed by atoms with Crippen LogP contribution >= 0.6 is 15.9 Å². The maximum absolute atomic E-state index is 5.48. The first-order valence-corrected chi connectivity index (χ1v) is 4.56. The van der Waals surface area contributed by atoms with Gasteiger partial charge in [-0.1, -0.05) is 28.6 Å². The van der Waals surface area contributed by atoms with E-state index in [1.807, 2.05) is 31.2 Å². The fraction of sp³-hybridized carbons (Fsp3) is 0.200. The quantitative estimate of drug-likeness (QED) is 0.719. The van der Waals surface area contributed by atoms with E-state index < -0.39 is 0 Å². The average molecular weight is 227 g/mol. The maximum atomic E-state index is 5.48. The summed E-state index contributed by atoms with van der Waals surface area (Å²) in [6.45, 7) is 5.59. The number of rotatable bonds is 3. The van der Waals surface area contributed by atoms with E-state index in [1.54, 1.807) is 6.08 Å². The molecule has 0 amide bonds. The predicted octanol–water partition coefficient (Wildman–Crippen LogP) is 3.40. The van der Waals surface area contributed by atoms with E-state index >= 15 is 0 Å². The van der Waals surface area contributed by atoms with Crippen LogP contribution < -0.4 is 4.74 Å². The van der Waals surface area contributed by atoms with Gasteiger partial charge in [0.25, 0.3) is 0 Å². The van der Waals surface area contributed by atoms with Crippen LogP contribution in [0.4, 0.5) is 0 Å². The van der Waals surface area contributed by atoms with Gasteiger partial charge in [0, 0.05) is 4.47 Å². The van der Waals surface area contributed by atoms with Crippen LogP contribution in [0.1, 0.15) is 6.92 Å². The van der Waals surface area contributed by atoms with Crippen LogP contribution in [-0.2, 0) is 0 Å². The van der Waals surface area contributed by atoms with Crippen molar-refractivity contribution >= 4 is 15.9 Å². The summed E-state index contributed by atoms with van der Waals surface area (Å²) in [5.74, 6) is 0.866. The standard InChI is InChI=1S/C10H11BrO/c1-3-8(2)12-10-6-4-9(11)5-7-10/h3-8H,1H2,2H3. The van der Waals surface area contributed by atoms with Crippen molar-refractivity contribution in [2.75, 3.05) is 0 Å². The number of halogens is 1. The molecule has 1 unspecified atom stereocenters. The van der Waals surface area contributed by atoms with E-state index in [0.29, 0.717) is 0 Å². The molecule has 0 saturated carbocycles. The lowest BCUT2D eigenvalue weighted by atomic mass is 10.3. The first kappa shape index (κ1) is 9.33. The van der Waals surface area contributed by atoms with Crippen molar-refractivity contribution in [1.82, 2.24) is 0 Å². The van der Waals surface area contributed by atoms with Gasteiger partial charge < -0.3 is 4.74 Å². The minimum absolute atomic E-state index is 0.0613. The molecule has 0 saturated heterocycles. The molecule has 1 rings (SSSR count). The molecule has 1 aromatic rings. The predicted molar refractivity (Wildman–Crippen MR) is 54.4 cm³/mol. The van der Waals surface area contributed by atoms with Crippen LogP contribution in [0.15, 0.2) is 41.4 Å². The molecule has 0 fully saturated rings. The van der Waals surface area contributed by atoms with Crippen molar-refractivity contribution < 1.29 is 4.74 Å². The van der Waals surface area contributed by atoms with E-state index in [2.05, 4.69) is 22.5 Å². The van der Waals surface area contributed by atoms with Gasteiger partial charge in [-0.15, -0.1) is 0 Å². The van der Waals surface area contributed by atoms with Crippen LogP contribution in [0.3, 0.4) is 0 Å². The Morgan fingerprint density at radius 1 is 1.42 bits per heavy atom. The molecule has 0 aliphatic rings. The first-order valence-electron chi connectivity index (χ1n) is 3.77. The molecule has 0 heterocycles. The Bertz CT molecular complexity index is 253. The van der Waals surface area contributed by atoms with Gasteiger partial charge in [0.1, 0.15) is 11.9 Å². The molecule has 2 heteroatoms. The highest BCUT2D eigenvalue weighted by atomic mass is 79.9. The number of hydrogen-bond acceptors (Lipinski definition) is 1. The van der Waals surface area contributed by atoms with Crippen molar-refractivity contribution in [3.05, 3.63) is 41.4 Å². The average Bonchev–Trinajstić information content (AvgIpc) is 2.09. The van der Waals surface area contributed by atoms with E-state index in [1.165, 1.54) is 0 Å². The molecule has 64 valence electrons. The molecule has 0 N–H and O–H groups in total. The normalized spacial score (nSPS) is 12.2. The molecule has 0 aliphatic heterocycles. The smallest absolute Gasteiger partial charge is 0.120 e.